The van der Waals surface area contributed by atoms with Crippen LogP contribution in [0.3, 0.4) is 0 Å². The summed E-state index contributed by atoms with van der Waals surface area (Å²) in [6.45, 7) is 8.68. The second-order valence-corrected chi connectivity index (χ2v) is 5.44. The maximum Gasteiger partial charge on any atom is 0.176 e. The molecule has 0 radical (unpaired) electrons. The van der Waals surface area contributed by atoms with Crippen LogP contribution in [0.2, 0.25) is 0 Å². The summed E-state index contributed by atoms with van der Waals surface area (Å²) in [4.78, 5) is 0. The van der Waals surface area contributed by atoms with Crippen LogP contribution in [0.15, 0.2) is 11.6 Å². The van der Waals surface area contributed by atoms with E-state index in [2.05, 4.69) is 18.3 Å². The SMILES string of the molecule is CCCNC(C1=CCCCCCC1)C(OCC)OCC. The standard InChI is InChI=1S/C17H33NO2/c1-4-14-18-16(17(19-5-2)20-6-3)15-12-10-8-7-9-11-13-15/h12,16-18H,4-11,13-14H2,1-3H3. The zero-order valence-electron chi connectivity index (χ0n) is 13.6. The van der Waals surface area contributed by atoms with Crippen molar-refractivity contribution in [1.82, 2.24) is 5.32 Å². The fraction of sp³-hybridized carbons (Fsp3) is 0.882. The highest BCUT2D eigenvalue weighted by Gasteiger charge is 2.25. The smallest absolute Gasteiger partial charge is 0.176 e. The van der Waals surface area contributed by atoms with Crippen molar-refractivity contribution in [1.29, 1.82) is 0 Å². The monoisotopic (exact) mass is 283 g/mol. The maximum atomic E-state index is 5.84. The van der Waals surface area contributed by atoms with Crippen LogP contribution >= 0.6 is 0 Å². The second-order valence-electron chi connectivity index (χ2n) is 5.44. The van der Waals surface area contributed by atoms with Crippen molar-refractivity contribution >= 4 is 0 Å². The van der Waals surface area contributed by atoms with E-state index in [0.717, 1.165) is 13.0 Å². The third-order valence-corrected chi connectivity index (χ3v) is 3.77. The normalized spacial score (nSPS) is 18.5. The highest BCUT2D eigenvalue weighted by Crippen LogP contribution is 2.23. The quantitative estimate of drug-likeness (QED) is 0.512. The van der Waals surface area contributed by atoms with Gasteiger partial charge in [-0.05, 0) is 52.5 Å². The molecule has 0 aromatic heterocycles. The van der Waals surface area contributed by atoms with E-state index < -0.39 is 0 Å². The minimum atomic E-state index is -0.151. The molecular weight excluding hydrogens is 250 g/mol. The molecule has 0 bridgehead atoms. The van der Waals surface area contributed by atoms with Gasteiger partial charge in [0.25, 0.3) is 0 Å². The fourth-order valence-electron chi connectivity index (χ4n) is 2.77. The van der Waals surface area contributed by atoms with Gasteiger partial charge in [-0.2, -0.15) is 0 Å². The maximum absolute atomic E-state index is 5.84. The van der Waals surface area contributed by atoms with E-state index in [1.165, 1.54) is 44.1 Å². The highest BCUT2D eigenvalue weighted by atomic mass is 16.7. The van der Waals surface area contributed by atoms with Crippen LogP contribution in [0.4, 0.5) is 0 Å². The Kier molecular flexibility index (Phi) is 9.98. The molecule has 20 heavy (non-hydrogen) atoms. The molecule has 0 heterocycles. The summed E-state index contributed by atoms with van der Waals surface area (Å²) in [5.74, 6) is 0. The zero-order chi connectivity index (χ0) is 14.6. The second kappa shape index (κ2) is 11.3. The summed E-state index contributed by atoms with van der Waals surface area (Å²) >= 11 is 0. The molecule has 0 aromatic carbocycles. The largest absolute Gasteiger partial charge is 0.351 e. The van der Waals surface area contributed by atoms with Gasteiger partial charge in [0.2, 0.25) is 0 Å². The Morgan fingerprint density at radius 1 is 1.05 bits per heavy atom. The lowest BCUT2D eigenvalue weighted by Crippen LogP contribution is -2.45. The van der Waals surface area contributed by atoms with Gasteiger partial charge in [0.15, 0.2) is 6.29 Å². The molecule has 3 nitrogen and oxygen atoms in total. The van der Waals surface area contributed by atoms with Gasteiger partial charge in [0.1, 0.15) is 0 Å². The highest BCUT2D eigenvalue weighted by molar-refractivity contribution is 5.13. The first-order valence-corrected chi connectivity index (χ1v) is 8.48. The Balaban J connectivity index is 2.77. The molecule has 1 rings (SSSR count). The number of rotatable bonds is 9. The van der Waals surface area contributed by atoms with Crippen molar-refractivity contribution in [2.45, 2.75) is 78.0 Å². The molecule has 1 atom stereocenters. The van der Waals surface area contributed by atoms with Gasteiger partial charge in [-0.1, -0.05) is 31.4 Å². The van der Waals surface area contributed by atoms with Crippen molar-refractivity contribution in [3.63, 3.8) is 0 Å². The zero-order valence-corrected chi connectivity index (χ0v) is 13.6. The average molecular weight is 283 g/mol. The van der Waals surface area contributed by atoms with E-state index in [1.54, 1.807) is 0 Å². The summed E-state index contributed by atoms with van der Waals surface area (Å²) in [5.41, 5.74) is 1.49. The van der Waals surface area contributed by atoms with Crippen molar-refractivity contribution < 1.29 is 9.47 Å². The van der Waals surface area contributed by atoms with E-state index in [-0.39, 0.29) is 12.3 Å². The van der Waals surface area contributed by atoms with Gasteiger partial charge in [0.05, 0.1) is 6.04 Å². The van der Waals surface area contributed by atoms with Crippen LogP contribution in [-0.4, -0.2) is 32.1 Å². The lowest BCUT2D eigenvalue weighted by atomic mass is 9.94. The van der Waals surface area contributed by atoms with Crippen LogP contribution < -0.4 is 5.32 Å². The number of ether oxygens (including phenoxy) is 2. The lowest BCUT2D eigenvalue weighted by Gasteiger charge is -2.30. The Morgan fingerprint density at radius 2 is 1.75 bits per heavy atom. The van der Waals surface area contributed by atoms with Crippen LogP contribution in [0.25, 0.3) is 0 Å². The predicted octanol–water partition coefficient (Wildman–Crippen LogP) is 4.03. The van der Waals surface area contributed by atoms with Gasteiger partial charge < -0.3 is 14.8 Å². The number of hydrogen-bond donors (Lipinski definition) is 1. The summed E-state index contributed by atoms with van der Waals surface area (Å²) in [7, 11) is 0. The van der Waals surface area contributed by atoms with E-state index >= 15 is 0 Å². The molecule has 0 fully saturated rings. The predicted molar refractivity (Wildman–Crippen MR) is 84.9 cm³/mol. The fourth-order valence-corrected chi connectivity index (χ4v) is 2.77. The van der Waals surface area contributed by atoms with Gasteiger partial charge in [-0.15, -0.1) is 0 Å². The van der Waals surface area contributed by atoms with Crippen LogP contribution in [-0.2, 0) is 9.47 Å². The van der Waals surface area contributed by atoms with Gasteiger partial charge in [-0.25, -0.2) is 0 Å². The van der Waals surface area contributed by atoms with Crippen molar-refractivity contribution in [3.05, 3.63) is 11.6 Å². The molecule has 0 aliphatic heterocycles. The summed E-state index contributed by atoms with van der Waals surface area (Å²) in [5, 5.41) is 3.64. The molecule has 118 valence electrons. The van der Waals surface area contributed by atoms with Crippen molar-refractivity contribution in [3.8, 4) is 0 Å². The lowest BCUT2D eigenvalue weighted by molar-refractivity contribution is -0.148. The first-order valence-electron chi connectivity index (χ1n) is 8.48. The van der Waals surface area contributed by atoms with Crippen molar-refractivity contribution in [2.75, 3.05) is 19.8 Å². The molecule has 1 aliphatic rings. The third kappa shape index (κ3) is 6.38. The Morgan fingerprint density at radius 3 is 2.40 bits per heavy atom. The van der Waals surface area contributed by atoms with E-state index in [0.29, 0.717) is 13.2 Å². The Bertz CT molecular complexity index is 260. The summed E-state index contributed by atoms with van der Waals surface area (Å²) in [6.07, 6.45) is 11.1. The van der Waals surface area contributed by atoms with Gasteiger partial charge in [0, 0.05) is 13.2 Å². The average Bonchev–Trinajstić information content (AvgIpc) is 2.41. The summed E-state index contributed by atoms with van der Waals surface area (Å²) < 4.78 is 11.7. The number of nitrogens with one attached hydrogen (secondary N) is 1. The minimum Gasteiger partial charge on any atom is -0.351 e. The summed E-state index contributed by atoms with van der Waals surface area (Å²) in [6, 6.07) is 0.216. The molecule has 0 saturated carbocycles. The van der Waals surface area contributed by atoms with Gasteiger partial charge in [-0.3, -0.25) is 0 Å². The minimum absolute atomic E-state index is 0.151. The Labute approximate surface area is 125 Å². The Hall–Kier alpha value is -0.380. The van der Waals surface area contributed by atoms with E-state index in [1.807, 2.05) is 13.8 Å². The van der Waals surface area contributed by atoms with Crippen LogP contribution in [0.5, 0.6) is 0 Å². The molecule has 0 saturated heterocycles. The number of hydrogen-bond acceptors (Lipinski definition) is 3. The third-order valence-electron chi connectivity index (χ3n) is 3.77. The topological polar surface area (TPSA) is 30.5 Å². The van der Waals surface area contributed by atoms with E-state index in [4.69, 9.17) is 9.47 Å². The molecule has 0 spiro atoms. The molecule has 1 aliphatic carbocycles. The molecule has 0 aromatic rings. The first kappa shape index (κ1) is 17.7. The molecule has 3 heteroatoms. The molecule has 1 N–H and O–H groups in total. The molecular formula is C17H33NO2. The first-order chi connectivity index (χ1) is 9.83. The van der Waals surface area contributed by atoms with Crippen LogP contribution in [0, 0.1) is 0 Å². The number of allylic oxidation sites excluding steroid dienone is 1. The van der Waals surface area contributed by atoms with E-state index in [9.17, 15) is 0 Å². The molecule has 0 amide bonds. The van der Waals surface area contributed by atoms with Crippen LogP contribution in [0.1, 0.15) is 65.7 Å². The van der Waals surface area contributed by atoms with Gasteiger partial charge >= 0.3 is 0 Å². The molecule has 1 unspecified atom stereocenters. The van der Waals surface area contributed by atoms with Crippen molar-refractivity contribution in [2.24, 2.45) is 0 Å².